The molecule has 0 saturated heterocycles. The third kappa shape index (κ3) is 2.92. The maximum Gasteiger partial charge on any atom is 0.0535 e. The van der Waals surface area contributed by atoms with Crippen molar-refractivity contribution >= 4 is 10.9 Å². The van der Waals surface area contributed by atoms with Crippen molar-refractivity contribution in [1.29, 1.82) is 0 Å². The van der Waals surface area contributed by atoms with Gasteiger partial charge in [0.05, 0.1) is 5.52 Å². The molecule has 0 aliphatic carbocycles. The van der Waals surface area contributed by atoms with E-state index in [1.807, 2.05) is 12.4 Å². The zero-order valence-corrected chi connectivity index (χ0v) is 16.5. The number of hydrogen-bond donors (Lipinski definition) is 0. The van der Waals surface area contributed by atoms with Gasteiger partial charge < -0.3 is 9.47 Å². The third-order valence-corrected chi connectivity index (χ3v) is 5.84. The molecule has 3 heteroatoms. The molecule has 3 heterocycles. The summed E-state index contributed by atoms with van der Waals surface area (Å²) in [7, 11) is 2.23. The van der Waals surface area contributed by atoms with Gasteiger partial charge in [0.1, 0.15) is 0 Å². The van der Waals surface area contributed by atoms with E-state index in [2.05, 4.69) is 83.0 Å². The van der Waals surface area contributed by atoms with Gasteiger partial charge in [-0.3, -0.25) is 4.98 Å². The fourth-order valence-electron chi connectivity index (χ4n) is 4.49. The van der Waals surface area contributed by atoms with E-state index in [9.17, 15) is 0 Å². The molecule has 0 N–H and O–H groups in total. The van der Waals surface area contributed by atoms with Crippen molar-refractivity contribution in [3.63, 3.8) is 0 Å². The van der Waals surface area contributed by atoms with Crippen LogP contribution in [0.5, 0.6) is 0 Å². The summed E-state index contributed by atoms with van der Waals surface area (Å²) in [4.78, 5) is 6.61. The largest absolute Gasteiger partial charge is 0.313 e. The minimum Gasteiger partial charge on any atom is -0.313 e. The van der Waals surface area contributed by atoms with Crippen LogP contribution in [0.2, 0.25) is 0 Å². The van der Waals surface area contributed by atoms with Crippen LogP contribution in [-0.4, -0.2) is 28.0 Å². The Kier molecular flexibility index (Phi) is 4.25. The maximum absolute atomic E-state index is 4.16. The molecule has 0 saturated carbocycles. The van der Waals surface area contributed by atoms with Crippen LogP contribution in [0, 0.1) is 6.92 Å². The Morgan fingerprint density at radius 1 is 0.929 bits per heavy atom. The van der Waals surface area contributed by atoms with Gasteiger partial charge in [-0.1, -0.05) is 23.8 Å². The van der Waals surface area contributed by atoms with Crippen molar-refractivity contribution in [2.45, 2.75) is 26.3 Å². The lowest BCUT2D eigenvalue weighted by molar-refractivity contribution is 0.333. The number of fused-ring (bicyclic) bond motifs is 3. The molecular formula is C25H25N3. The molecule has 5 rings (SSSR count). The first-order chi connectivity index (χ1) is 13.7. The Morgan fingerprint density at radius 2 is 1.79 bits per heavy atom. The minimum atomic E-state index is 1.02. The van der Waals surface area contributed by atoms with Gasteiger partial charge in [-0.2, -0.15) is 0 Å². The van der Waals surface area contributed by atoms with Crippen molar-refractivity contribution in [2.75, 3.05) is 13.6 Å². The lowest BCUT2D eigenvalue weighted by Gasteiger charge is -2.13. The van der Waals surface area contributed by atoms with E-state index < -0.39 is 0 Å². The molecule has 1 aliphatic heterocycles. The van der Waals surface area contributed by atoms with Crippen LogP contribution in [-0.2, 0) is 13.0 Å². The highest BCUT2D eigenvalue weighted by atomic mass is 15.1. The van der Waals surface area contributed by atoms with E-state index >= 15 is 0 Å². The number of benzene rings is 2. The Morgan fingerprint density at radius 3 is 2.64 bits per heavy atom. The second kappa shape index (κ2) is 6.92. The molecule has 4 aromatic rings. The molecule has 0 fully saturated rings. The zero-order valence-electron chi connectivity index (χ0n) is 16.5. The predicted octanol–water partition coefficient (Wildman–Crippen LogP) is 5.38. The molecule has 0 unspecified atom stereocenters. The second-order valence-electron chi connectivity index (χ2n) is 7.91. The van der Waals surface area contributed by atoms with Crippen LogP contribution in [0.1, 0.15) is 23.2 Å². The van der Waals surface area contributed by atoms with Crippen LogP contribution in [0.3, 0.4) is 0 Å². The van der Waals surface area contributed by atoms with Gasteiger partial charge in [0.2, 0.25) is 0 Å². The van der Waals surface area contributed by atoms with Gasteiger partial charge in [0.15, 0.2) is 0 Å². The van der Waals surface area contributed by atoms with Gasteiger partial charge in [-0.25, -0.2) is 0 Å². The summed E-state index contributed by atoms with van der Waals surface area (Å²) < 4.78 is 2.49. The van der Waals surface area contributed by atoms with Crippen molar-refractivity contribution < 1.29 is 0 Å². The predicted molar refractivity (Wildman–Crippen MR) is 116 cm³/mol. The summed E-state index contributed by atoms with van der Waals surface area (Å²) in [6.07, 6.45) is 6.03. The fraction of sp³-hybridized carbons (Fsp3) is 0.240. The Hall–Kier alpha value is -2.91. The average molecular weight is 367 g/mol. The van der Waals surface area contributed by atoms with Crippen molar-refractivity contribution in [1.82, 2.24) is 14.5 Å². The average Bonchev–Trinajstić information content (AvgIpc) is 2.87. The van der Waals surface area contributed by atoms with E-state index in [1.54, 1.807) is 0 Å². The van der Waals surface area contributed by atoms with Crippen LogP contribution < -0.4 is 0 Å². The van der Waals surface area contributed by atoms with Crippen molar-refractivity contribution in [3.05, 3.63) is 83.8 Å². The number of aryl methyl sites for hydroxylation is 1. The molecule has 1 aliphatic rings. The van der Waals surface area contributed by atoms with Gasteiger partial charge in [0, 0.05) is 35.7 Å². The number of nitrogens with zero attached hydrogens (tertiary/aromatic N) is 3. The standard InChI is InChI=1S/C25H25N3/c1-18-8-9-25-22(15-18)23-17-27(2)14-4-7-24(23)28(25)21-6-3-5-20(16-21)19-10-12-26-13-11-19/h3,5-6,8-13,15-16H,4,7,14,17H2,1-2H3. The molecule has 3 nitrogen and oxygen atoms in total. The van der Waals surface area contributed by atoms with Crippen molar-refractivity contribution in [2.24, 2.45) is 0 Å². The quantitative estimate of drug-likeness (QED) is 0.474. The molecule has 140 valence electrons. The third-order valence-electron chi connectivity index (χ3n) is 5.84. The molecular weight excluding hydrogens is 342 g/mol. The summed E-state index contributed by atoms with van der Waals surface area (Å²) in [5.41, 5.74) is 9.28. The number of rotatable bonds is 2. The Balaban J connectivity index is 1.75. The van der Waals surface area contributed by atoms with Crippen LogP contribution >= 0.6 is 0 Å². The highest BCUT2D eigenvalue weighted by Gasteiger charge is 2.22. The first-order valence-electron chi connectivity index (χ1n) is 10.0. The van der Waals surface area contributed by atoms with E-state index in [4.69, 9.17) is 0 Å². The van der Waals surface area contributed by atoms with Crippen LogP contribution in [0.25, 0.3) is 27.7 Å². The zero-order chi connectivity index (χ0) is 19.1. The fourth-order valence-corrected chi connectivity index (χ4v) is 4.49. The van der Waals surface area contributed by atoms with Gasteiger partial charge in [-0.15, -0.1) is 0 Å². The van der Waals surface area contributed by atoms with E-state index in [1.165, 1.54) is 51.0 Å². The summed E-state index contributed by atoms with van der Waals surface area (Å²) in [6, 6.07) is 19.9. The molecule has 0 atom stereocenters. The highest BCUT2D eigenvalue weighted by Crippen LogP contribution is 2.34. The first-order valence-corrected chi connectivity index (χ1v) is 10.0. The van der Waals surface area contributed by atoms with E-state index in [-0.39, 0.29) is 0 Å². The van der Waals surface area contributed by atoms with Gasteiger partial charge >= 0.3 is 0 Å². The number of pyridine rings is 1. The Labute approximate surface area is 166 Å². The summed E-state index contributed by atoms with van der Waals surface area (Å²) >= 11 is 0. The van der Waals surface area contributed by atoms with E-state index in [0.717, 1.165) is 19.5 Å². The Bertz CT molecular complexity index is 1140. The lowest BCUT2D eigenvalue weighted by atomic mass is 10.1. The summed E-state index contributed by atoms with van der Waals surface area (Å²) in [5, 5.41) is 1.40. The monoisotopic (exact) mass is 367 g/mol. The molecule has 2 aromatic carbocycles. The minimum absolute atomic E-state index is 1.02. The summed E-state index contributed by atoms with van der Waals surface area (Å²) in [6.45, 7) is 4.36. The van der Waals surface area contributed by atoms with E-state index in [0.29, 0.717) is 0 Å². The lowest BCUT2D eigenvalue weighted by Crippen LogP contribution is -2.17. The number of aromatic nitrogens is 2. The molecule has 0 radical (unpaired) electrons. The maximum atomic E-state index is 4.16. The molecule has 0 amide bonds. The first kappa shape index (κ1) is 17.2. The normalized spacial score (nSPS) is 14.8. The summed E-state index contributed by atoms with van der Waals surface area (Å²) in [5.74, 6) is 0. The molecule has 0 bridgehead atoms. The topological polar surface area (TPSA) is 21.1 Å². The molecule has 28 heavy (non-hydrogen) atoms. The molecule has 2 aromatic heterocycles. The smallest absolute Gasteiger partial charge is 0.0535 e. The SMILES string of the molecule is Cc1ccc2c(c1)c1c(n2-c2cccc(-c3ccncc3)c2)CCCN(C)C1. The van der Waals surface area contributed by atoms with Gasteiger partial charge in [0.25, 0.3) is 0 Å². The van der Waals surface area contributed by atoms with Crippen molar-refractivity contribution in [3.8, 4) is 16.8 Å². The van der Waals surface area contributed by atoms with Gasteiger partial charge in [-0.05, 0) is 86.4 Å². The van der Waals surface area contributed by atoms with Crippen LogP contribution in [0.15, 0.2) is 67.0 Å². The second-order valence-corrected chi connectivity index (χ2v) is 7.91. The number of hydrogen-bond acceptors (Lipinski definition) is 2. The molecule has 0 spiro atoms. The highest BCUT2D eigenvalue weighted by molar-refractivity contribution is 5.88. The van der Waals surface area contributed by atoms with Crippen LogP contribution in [0.4, 0.5) is 0 Å².